The zero-order valence-electron chi connectivity index (χ0n) is 11.5. The second-order valence-corrected chi connectivity index (χ2v) is 6.08. The van der Waals surface area contributed by atoms with Crippen LogP contribution in [0.2, 0.25) is 0 Å². The number of fused-ring (bicyclic) bond motifs is 3. The topological polar surface area (TPSA) is 36.8 Å². The van der Waals surface area contributed by atoms with Gasteiger partial charge in [0, 0.05) is 42.6 Å². The van der Waals surface area contributed by atoms with Gasteiger partial charge in [-0.1, -0.05) is 0 Å². The zero-order chi connectivity index (χ0) is 13.5. The average molecular weight is 269 g/mol. The minimum Gasteiger partial charge on any atom is -0.348 e. The molecule has 0 saturated carbocycles. The number of piperidine rings is 1. The number of nitrogens with zero attached hydrogens (tertiary/aromatic N) is 2. The maximum absolute atomic E-state index is 12.4. The first-order valence-corrected chi connectivity index (χ1v) is 7.38. The maximum atomic E-state index is 12.4. The van der Waals surface area contributed by atoms with Gasteiger partial charge in [0.05, 0.1) is 0 Å². The smallest absolute Gasteiger partial charge is 0.251 e. The van der Waals surface area contributed by atoms with Gasteiger partial charge in [-0.25, -0.2) is 0 Å². The minimum atomic E-state index is 0.0567. The first-order chi connectivity index (χ1) is 9.78. The molecule has 0 aliphatic carbocycles. The van der Waals surface area contributed by atoms with E-state index in [1.165, 1.54) is 19.5 Å². The third-order valence-electron chi connectivity index (χ3n) is 4.59. The van der Waals surface area contributed by atoms with Crippen molar-refractivity contribution in [1.82, 2.24) is 14.6 Å². The Labute approximate surface area is 118 Å². The Bertz CT molecular complexity index is 636. The van der Waals surface area contributed by atoms with E-state index in [4.69, 9.17) is 0 Å². The van der Waals surface area contributed by atoms with Gasteiger partial charge in [-0.05, 0) is 49.6 Å². The quantitative estimate of drug-likeness (QED) is 0.902. The zero-order valence-corrected chi connectivity index (χ0v) is 11.5. The van der Waals surface area contributed by atoms with Gasteiger partial charge in [0.15, 0.2) is 0 Å². The minimum absolute atomic E-state index is 0.0567. The highest BCUT2D eigenvalue weighted by molar-refractivity contribution is 5.95. The molecule has 3 atom stereocenters. The summed E-state index contributed by atoms with van der Waals surface area (Å²) < 4.78 is 2.02. The van der Waals surface area contributed by atoms with E-state index in [1.54, 1.807) is 0 Å². The van der Waals surface area contributed by atoms with Gasteiger partial charge in [0.25, 0.3) is 5.91 Å². The van der Waals surface area contributed by atoms with Gasteiger partial charge in [-0.15, -0.1) is 0 Å². The van der Waals surface area contributed by atoms with Crippen LogP contribution in [0.15, 0.2) is 36.7 Å². The Kier molecular flexibility index (Phi) is 2.77. The van der Waals surface area contributed by atoms with Crippen LogP contribution in [0.1, 0.15) is 23.2 Å². The van der Waals surface area contributed by atoms with Crippen molar-refractivity contribution in [3.63, 3.8) is 0 Å². The first kappa shape index (κ1) is 12.0. The molecule has 2 aromatic heterocycles. The number of nitrogens with one attached hydrogen (secondary N) is 1. The highest BCUT2D eigenvalue weighted by Gasteiger charge is 2.32. The standard InChI is InChI=1S/C16H19N3O/c20-16(13-4-7-19-5-1-2-15(19)9-13)17-14-8-12-3-6-18(10-12)11-14/h1-2,4-5,7,9,12,14H,3,6,8,10-11H2,(H,17,20). The lowest BCUT2D eigenvalue weighted by Crippen LogP contribution is -2.47. The predicted octanol–water partition coefficient (Wildman–Crippen LogP) is 1.76. The SMILES string of the molecule is O=C(NC1CC2CCN(C2)C1)c1ccn2cccc2c1. The van der Waals surface area contributed by atoms with Gasteiger partial charge in [-0.3, -0.25) is 4.79 Å². The van der Waals surface area contributed by atoms with Crippen LogP contribution in [-0.2, 0) is 0 Å². The Morgan fingerprint density at radius 2 is 2.20 bits per heavy atom. The van der Waals surface area contributed by atoms with Gasteiger partial charge in [0.1, 0.15) is 0 Å². The molecule has 2 aliphatic heterocycles. The molecule has 2 aliphatic rings. The fraction of sp³-hybridized carbons (Fsp3) is 0.438. The Hall–Kier alpha value is -1.81. The number of rotatable bonds is 2. The van der Waals surface area contributed by atoms with E-state index >= 15 is 0 Å². The molecular formula is C16H19N3O. The van der Waals surface area contributed by atoms with Gasteiger partial charge in [0.2, 0.25) is 0 Å². The number of pyridine rings is 1. The summed E-state index contributed by atoms with van der Waals surface area (Å²) in [5.41, 5.74) is 1.81. The lowest BCUT2D eigenvalue weighted by molar-refractivity contribution is 0.0909. The summed E-state index contributed by atoms with van der Waals surface area (Å²) >= 11 is 0. The van der Waals surface area contributed by atoms with Crippen LogP contribution in [0.3, 0.4) is 0 Å². The number of amides is 1. The van der Waals surface area contributed by atoms with Crippen LogP contribution < -0.4 is 5.32 Å². The fourth-order valence-corrected chi connectivity index (χ4v) is 3.61. The van der Waals surface area contributed by atoms with E-state index in [2.05, 4.69) is 10.2 Å². The monoisotopic (exact) mass is 269 g/mol. The number of carbonyl (C=O) groups excluding carboxylic acids is 1. The second kappa shape index (κ2) is 4.63. The Balaban J connectivity index is 1.49. The fourth-order valence-electron chi connectivity index (χ4n) is 3.61. The lowest BCUT2D eigenvalue weighted by atomic mass is 9.96. The van der Waals surface area contributed by atoms with Crippen LogP contribution in [-0.4, -0.2) is 40.9 Å². The van der Waals surface area contributed by atoms with Crippen LogP contribution in [0, 0.1) is 5.92 Å². The Morgan fingerprint density at radius 1 is 1.25 bits per heavy atom. The summed E-state index contributed by atoms with van der Waals surface area (Å²) in [6.07, 6.45) is 6.36. The van der Waals surface area contributed by atoms with Crippen LogP contribution in [0.25, 0.3) is 5.52 Å². The molecular weight excluding hydrogens is 250 g/mol. The normalized spacial score (nSPS) is 28.7. The molecule has 2 fully saturated rings. The molecule has 4 nitrogen and oxygen atoms in total. The van der Waals surface area contributed by atoms with E-state index in [1.807, 2.05) is 41.1 Å². The first-order valence-electron chi connectivity index (χ1n) is 7.38. The van der Waals surface area contributed by atoms with E-state index in [0.717, 1.165) is 30.0 Å². The average Bonchev–Trinajstić information content (AvgIpc) is 3.04. The highest BCUT2D eigenvalue weighted by Crippen LogP contribution is 2.26. The third-order valence-corrected chi connectivity index (χ3v) is 4.59. The molecule has 0 aromatic carbocycles. The van der Waals surface area contributed by atoms with Crippen molar-refractivity contribution in [2.24, 2.45) is 5.92 Å². The molecule has 3 unspecified atom stereocenters. The van der Waals surface area contributed by atoms with Crippen LogP contribution >= 0.6 is 0 Å². The van der Waals surface area contributed by atoms with Gasteiger partial charge >= 0.3 is 0 Å². The molecule has 4 heterocycles. The number of carbonyl (C=O) groups is 1. The van der Waals surface area contributed by atoms with E-state index in [0.29, 0.717) is 6.04 Å². The summed E-state index contributed by atoms with van der Waals surface area (Å²) in [5.74, 6) is 0.836. The number of aromatic nitrogens is 1. The van der Waals surface area contributed by atoms with Gasteiger partial charge < -0.3 is 14.6 Å². The number of hydrogen-bond acceptors (Lipinski definition) is 2. The summed E-state index contributed by atoms with van der Waals surface area (Å²) in [4.78, 5) is 14.8. The number of hydrogen-bond donors (Lipinski definition) is 1. The third kappa shape index (κ3) is 2.10. The largest absolute Gasteiger partial charge is 0.348 e. The summed E-state index contributed by atoms with van der Waals surface area (Å²) in [7, 11) is 0. The molecule has 2 saturated heterocycles. The predicted molar refractivity (Wildman–Crippen MR) is 77.8 cm³/mol. The summed E-state index contributed by atoms with van der Waals surface area (Å²) in [6, 6.07) is 8.16. The van der Waals surface area contributed by atoms with Gasteiger partial charge in [-0.2, -0.15) is 0 Å². The van der Waals surface area contributed by atoms with Crippen LogP contribution in [0.5, 0.6) is 0 Å². The van der Waals surface area contributed by atoms with Crippen molar-refractivity contribution in [3.8, 4) is 0 Å². The molecule has 2 aromatic rings. The molecule has 104 valence electrons. The highest BCUT2D eigenvalue weighted by atomic mass is 16.1. The van der Waals surface area contributed by atoms with Crippen molar-refractivity contribution in [2.45, 2.75) is 18.9 Å². The van der Waals surface area contributed by atoms with E-state index in [9.17, 15) is 4.79 Å². The summed E-state index contributed by atoms with van der Waals surface area (Å²) in [6.45, 7) is 3.44. The Morgan fingerprint density at radius 3 is 3.10 bits per heavy atom. The molecule has 1 N–H and O–H groups in total. The maximum Gasteiger partial charge on any atom is 0.251 e. The van der Waals surface area contributed by atoms with Crippen LogP contribution in [0.4, 0.5) is 0 Å². The summed E-state index contributed by atoms with van der Waals surface area (Å²) in [5, 5.41) is 3.20. The van der Waals surface area contributed by atoms with Crippen molar-refractivity contribution in [3.05, 3.63) is 42.2 Å². The lowest BCUT2D eigenvalue weighted by Gasteiger charge is -2.30. The van der Waals surface area contributed by atoms with E-state index < -0.39 is 0 Å². The molecule has 0 radical (unpaired) electrons. The molecule has 0 spiro atoms. The molecule has 20 heavy (non-hydrogen) atoms. The molecule has 4 heteroatoms. The van der Waals surface area contributed by atoms with E-state index in [-0.39, 0.29) is 5.91 Å². The van der Waals surface area contributed by atoms with Crippen molar-refractivity contribution in [1.29, 1.82) is 0 Å². The van der Waals surface area contributed by atoms with Crippen molar-refractivity contribution >= 4 is 11.4 Å². The van der Waals surface area contributed by atoms with Crippen molar-refractivity contribution < 1.29 is 4.79 Å². The molecule has 4 rings (SSSR count). The molecule has 1 amide bonds. The van der Waals surface area contributed by atoms with Crippen molar-refractivity contribution in [2.75, 3.05) is 19.6 Å². The second-order valence-electron chi connectivity index (χ2n) is 6.08. The molecule has 2 bridgehead atoms.